The van der Waals surface area contributed by atoms with Crippen LogP contribution in [0.3, 0.4) is 0 Å². The molecule has 2 heterocycles. The minimum absolute atomic E-state index is 0.203. The van der Waals surface area contributed by atoms with Crippen molar-refractivity contribution in [1.82, 2.24) is 14.5 Å². The maximum atomic E-state index is 12.1. The van der Waals surface area contributed by atoms with Gasteiger partial charge in [-0.1, -0.05) is 11.6 Å². The number of ether oxygens (including phenoxy) is 1. The molecule has 11 heteroatoms. The Morgan fingerprint density at radius 1 is 1.24 bits per heavy atom. The lowest BCUT2D eigenvalue weighted by Crippen LogP contribution is -2.35. The summed E-state index contributed by atoms with van der Waals surface area (Å²) in [5.41, 5.74) is 6.62. The molecule has 2 amide bonds. The van der Waals surface area contributed by atoms with Gasteiger partial charge in [0.05, 0.1) is 35.4 Å². The van der Waals surface area contributed by atoms with Crippen LogP contribution in [0.1, 0.15) is 16.1 Å². The van der Waals surface area contributed by atoms with E-state index in [-0.39, 0.29) is 12.1 Å². The number of methoxy groups -OCH3 is 1. The van der Waals surface area contributed by atoms with Crippen LogP contribution < -0.4 is 20.9 Å². The summed E-state index contributed by atoms with van der Waals surface area (Å²) in [6.45, 7) is 0.203. The molecule has 168 valence electrons. The fourth-order valence-electron chi connectivity index (χ4n) is 3.36. The molecule has 33 heavy (non-hydrogen) atoms. The largest absolute Gasteiger partial charge is 0.497 e. The third-order valence-electron chi connectivity index (χ3n) is 4.99. The second-order valence-corrected chi connectivity index (χ2v) is 7.50. The van der Waals surface area contributed by atoms with E-state index in [1.807, 2.05) is 0 Å². The molecule has 0 fully saturated rings. The number of urea groups is 1. The molecular weight excluding hydrogens is 450 g/mol. The van der Waals surface area contributed by atoms with Crippen LogP contribution in [0.25, 0.3) is 16.7 Å². The van der Waals surface area contributed by atoms with Gasteiger partial charge in [0, 0.05) is 18.1 Å². The Kier molecular flexibility index (Phi) is 5.76. The van der Waals surface area contributed by atoms with Gasteiger partial charge >= 0.3 is 12.0 Å². The summed E-state index contributed by atoms with van der Waals surface area (Å²) in [6.07, 6.45) is 3.50. The van der Waals surface area contributed by atoms with Crippen molar-refractivity contribution in [1.29, 1.82) is 0 Å². The number of halogens is 1. The number of aromatic nitrogens is 3. The number of fused-ring (bicyclic) bond motifs is 1. The van der Waals surface area contributed by atoms with Crippen molar-refractivity contribution in [2.24, 2.45) is 5.73 Å². The second-order valence-electron chi connectivity index (χ2n) is 7.09. The van der Waals surface area contributed by atoms with Crippen LogP contribution in [0.4, 0.5) is 10.5 Å². The predicted octanol–water partition coefficient (Wildman–Crippen LogP) is 3.16. The van der Waals surface area contributed by atoms with Crippen molar-refractivity contribution in [2.45, 2.75) is 6.54 Å². The molecule has 0 bridgehead atoms. The summed E-state index contributed by atoms with van der Waals surface area (Å²) < 4.78 is 6.85. The summed E-state index contributed by atoms with van der Waals surface area (Å²) in [5.74, 6) is -0.774. The quantitative estimate of drug-likeness (QED) is 0.397. The number of carboxylic acids is 1. The number of hydrogen-bond donors (Lipinski definition) is 3. The molecule has 4 aromatic rings. The Labute approximate surface area is 191 Å². The van der Waals surface area contributed by atoms with E-state index in [4.69, 9.17) is 27.2 Å². The molecule has 0 aliphatic heterocycles. The number of carboxylic acid groups (broad SMARTS) is 1. The van der Waals surface area contributed by atoms with Gasteiger partial charge in [0.1, 0.15) is 5.75 Å². The zero-order chi connectivity index (χ0) is 23.7. The monoisotopic (exact) mass is 467 g/mol. The smallest absolute Gasteiger partial charge is 0.360 e. The Bertz CT molecular complexity index is 1430. The van der Waals surface area contributed by atoms with Crippen molar-refractivity contribution < 1.29 is 19.4 Å². The molecule has 0 aliphatic rings. The number of carbonyl (C=O) groups excluding carboxylic acids is 1. The summed E-state index contributed by atoms with van der Waals surface area (Å²) in [7, 11) is 1.55. The molecule has 0 unspecified atom stereocenters. The number of carbonyl (C=O) groups is 2. The number of aromatic carboxylic acids is 1. The number of rotatable bonds is 6. The number of H-pyrrole nitrogens is 1. The molecule has 2 aromatic heterocycles. The molecule has 4 N–H and O–H groups in total. The Balaban J connectivity index is 1.67. The summed E-state index contributed by atoms with van der Waals surface area (Å²) >= 11 is 6.40. The highest BCUT2D eigenvalue weighted by Gasteiger charge is 2.16. The molecule has 2 aromatic carbocycles. The number of benzene rings is 2. The lowest BCUT2D eigenvalue weighted by Gasteiger charge is -2.20. The standard InChI is InChI=1S/C22H18ClN5O5/c1-33-14-4-2-13(3-5-14)28(22(24)32)11-12-6-7-27(10-12)18-9-17-16(8-15(18)23)26-20(29)19(25-17)21(30)31/h2-10H,11H2,1H3,(H2,24,32)(H,26,29)(H,30,31). The number of aromatic amines is 1. The average molecular weight is 468 g/mol. The minimum atomic E-state index is -1.43. The summed E-state index contributed by atoms with van der Waals surface area (Å²) in [5, 5.41) is 9.47. The van der Waals surface area contributed by atoms with Crippen LogP contribution in [0.2, 0.25) is 5.02 Å². The zero-order valence-electron chi connectivity index (χ0n) is 17.3. The maximum Gasteiger partial charge on any atom is 0.360 e. The number of nitrogens with zero attached hydrogens (tertiary/aromatic N) is 3. The van der Waals surface area contributed by atoms with E-state index in [2.05, 4.69) is 9.97 Å². The van der Waals surface area contributed by atoms with Crippen LogP contribution in [-0.4, -0.2) is 38.8 Å². The first-order valence-electron chi connectivity index (χ1n) is 9.62. The number of amides is 2. The van der Waals surface area contributed by atoms with E-state index in [9.17, 15) is 14.4 Å². The lowest BCUT2D eigenvalue weighted by molar-refractivity contribution is 0.0689. The van der Waals surface area contributed by atoms with E-state index in [0.29, 0.717) is 27.7 Å². The van der Waals surface area contributed by atoms with Crippen LogP contribution >= 0.6 is 11.6 Å². The first-order valence-corrected chi connectivity index (χ1v) is 9.99. The maximum absolute atomic E-state index is 12.1. The molecule has 0 saturated heterocycles. The van der Waals surface area contributed by atoms with Gasteiger partial charge in [-0.25, -0.2) is 14.6 Å². The molecule has 10 nitrogen and oxygen atoms in total. The average Bonchev–Trinajstić information content (AvgIpc) is 3.25. The molecule has 0 aliphatic carbocycles. The third kappa shape index (κ3) is 4.37. The second kappa shape index (κ2) is 8.67. The molecule has 0 saturated carbocycles. The Morgan fingerprint density at radius 3 is 2.61 bits per heavy atom. The van der Waals surface area contributed by atoms with Gasteiger partial charge in [-0.15, -0.1) is 0 Å². The van der Waals surface area contributed by atoms with Gasteiger partial charge in [-0.2, -0.15) is 0 Å². The molecule has 0 spiro atoms. The topological polar surface area (TPSA) is 144 Å². The molecule has 0 radical (unpaired) electrons. The van der Waals surface area contributed by atoms with E-state index in [0.717, 1.165) is 5.56 Å². The first kappa shape index (κ1) is 21.9. The highest BCUT2D eigenvalue weighted by molar-refractivity contribution is 6.33. The highest BCUT2D eigenvalue weighted by atomic mass is 35.5. The normalized spacial score (nSPS) is 10.8. The van der Waals surface area contributed by atoms with Crippen LogP contribution in [-0.2, 0) is 6.54 Å². The van der Waals surface area contributed by atoms with Crippen LogP contribution in [0, 0.1) is 0 Å². The van der Waals surface area contributed by atoms with Crippen LogP contribution in [0.15, 0.2) is 59.7 Å². The Hall–Kier alpha value is -4.31. The van der Waals surface area contributed by atoms with Crippen molar-refractivity contribution in [3.8, 4) is 11.4 Å². The van der Waals surface area contributed by atoms with Gasteiger partial charge in [0.25, 0.3) is 5.56 Å². The molecule has 4 rings (SSSR count). The van der Waals surface area contributed by atoms with Gasteiger partial charge in [-0.05, 0) is 48.0 Å². The highest BCUT2D eigenvalue weighted by Crippen LogP contribution is 2.27. The first-order chi connectivity index (χ1) is 15.8. The van der Waals surface area contributed by atoms with Gasteiger partial charge in [0.2, 0.25) is 5.69 Å². The van der Waals surface area contributed by atoms with E-state index in [1.54, 1.807) is 60.5 Å². The van der Waals surface area contributed by atoms with Gasteiger partial charge < -0.3 is 25.1 Å². The fourth-order valence-corrected chi connectivity index (χ4v) is 3.63. The number of nitrogens with one attached hydrogen (secondary N) is 1. The van der Waals surface area contributed by atoms with Crippen molar-refractivity contribution in [3.05, 3.63) is 81.5 Å². The van der Waals surface area contributed by atoms with Gasteiger partial charge in [0.15, 0.2) is 0 Å². The zero-order valence-corrected chi connectivity index (χ0v) is 18.0. The minimum Gasteiger partial charge on any atom is -0.497 e. The lowest BCUT2D eigenvalue weighted by atomic mass is 10.2. The van der Waals surface area contributed by atoms with E-state index in [1.165, 1.54) is 11.0 Å². The molecule has 0 atom stereocenters. The van der Waals surface area contributed by atoms with Crippen LogP contribution in [0.5, 0.6) is 5.75 Å². The van der Waals surface area contributed by atoms with Crippen molar-refractivity contribution >= 4 is 40.3 Å². The third-order valence-corrected chi connectivity index (χ3v) is 5.29. The number of hydrogen-bond acceptors (Lipinski definition) is 5. The van der Waals surface area contributed by atoms with E-state index < -0.39 is 23.3 Å². The summed E-state index contributed by atoms with van der Waals surface area (Å²) in [6, 6.07) is 11.2. The number of anilines is 1. The van der Waals surface area contributed by atoms with Crippen molar-refractivity contribution in [2.75, 3.05) is 12.0 Å². The Morgan fingerprint density at radius 2 is 1.97 bits per heavy atom. The van der Waals surface area contributed by atoms with Gasteiger partial charge in [-0.3, -0.25) is 9.69 Å². The summed E-state index contributed by atoms with van der Waals surface area (Å²) in [4.78, 5) is 43.0. The number of nitrogens with two attached hydrogens (primary N) is 1. The van der Waals surface area contributed by atoms with E-state index >= 15 is 0 Å². The fraction of sp³-hybridized carbons (Fsp3) is 0.0909. The predicted molar refractivity (Wildman–Crippen MR) is 122 cm³/mol. The number of primary amides is 1. The SMILES string of the molecule is COc1ccc(N(Cc2ccn(-c3cc4nc(C(=O)O)c(=O)[nH]c4cc3Cl)c2)C(N)=O)cc1. The molecular formula is C22H18ClN5O5. The van der Waals surface area contributed by atoms with Crippen molar-refractivity contribution in [3.63, 3.8) is 0 Å².